The van der Waals surface area contributed by atoms with Crippen LogP contribution in [0.4, 0.5) is 0 Å². The molecule has 1 atom stereocenters. The first-order valence-corrected chi connectivity index (χ1v) is 7.37. The van der Waals surface area contributed by atoms with Crippen molar-refractivity contribution >= 4 is 17.2 Å². The molecule has 1 aromatic rings. The Morgan fingerprint density at radius 2 is 2.17 bits per heavy atom. The summed E-state index contributed by atoms with van der Waals surface area (Å²) in [5, 5.41) is 4.30. The van der Waals surface area contributed by atoms with Crippen LogP contribution in [-0.4, -0.2) is 48.4 Å². The first-order chi connectivity index (χ1) is 8.70. The lowest BCUT2D eigenvalue weighted by Gasteiger charge is -2.35. The van der Waals surface area contributed by atoms with Gasteiger partial charge in [0.2, 0.25) is 5.91 Å². The second kappa shape index (κ2) is 6.31. The van der Waals surface area contributed by atoms with Crippen molar-refractivity contribution in [2.24, 2.45) is 11.7 Å². The van der Waals surface area contributed by atoms with Gasteiger partial charge in [-0.2, -0.15) is 11.3 Å². The molecule has 5 heteroatoms. The molecule has 1 aromatic heterocycles. The standard InChI is InChI=1S/C13H21N3OS/c1-11(8-14)13(17)16-5-3-15(4-6-16)9-12-2-7-18-10-12/h2,7,10-11H,3-6,8-9,14H2,1H3. The second-order valence-electron chi connectivity index (χ2n) is 4.87. The van der Waals surface area contributed by atoms with E-state index in [0.717, 1.165) is 32.7 Å². The van der Waals surface area contributed by atoms with E-state index in [-0.39, 0.29) is 11.8 Å². The van der Waals surface area contributed by atoms with Crippen LogP contribution in [0.1, 0.15) is 12.5 Å². The fourth-order valence-corrected chi connectivity index (χ4v) is 2.84. The summed E-state index contributed by atoms with van der Waals surface area (Å²) in [4.78, 5) is 16.3. The van der Waals surface area contributed by atoms with Gasteiger partial charge < -0.3 is 10.6 Å². The Balaban J connectivity index is 1.79. The maximum atomic E-state index is 12.0. The number of hydrogen-bond acceptors (Lipinski definition) is 4. The molecule has 0 saturated carbocycles. The van der Waals surface area contributed by atoms with Crippen molar-refractivity contribution < 1.29 is 4.79 Å². The molecule has 100 valence electrons. The van der Waals surface area contributed by atoms with E-state index in [1.807, 2.05) is 11.8 Å². The maximum absolute atomic E-state index is 12.0. The summed E-state index contributed by atoms with van der Waals surface area (Å²) < 4.78 is 0. The smallest absolute Gasteiger partial charge is 0.226 e. The number of carbonyl (C=O) groups is 1. The van der Waals surface area contributed by atoms with E-state index >= 15 is 0 Å². The average molecular weight is 267 g/mol. The summed E-state index contributed by atoms with van der Waals surface area (Å²) in [5.41, 5.74) is 6.91. The molecule has 1 amide bonds. The van der Waals surface area contributed by atoms with Crippen LogP contribution in [0.3, 0.4) is 0 Å². The van der Waals surface area contributed by atoms with E-state index in [1.165, 1.54) is 5.56 Å². The number of nitrogens with zero attached hydrogens (tertiary/aromatic N) is 2. The maximum Gasteiger partial charge on any atom is 0.226 e. The predicted molar refractivity (Wildman–Crippen MR) is 74.4 cm³/mol. The molecule has 1 unspecified atom stereocenters. The van der Waals surface area contributed by atoms with Crippen LogP contribution in [0, 0.1) is 5.92 Å². The van der Waals surface area contributed by atoms with Crippen LogP contribution in [0.25, 0.3) is 0 Å². The molecule has 0 aliphatic carbocycles. The zero-order valence-corrected chi connectivity index (χ0v) is 11.7. The third-order valence-electron chi connectivity index (χ3n) is 3.45. The molecule has 2 rings (SSSR count). The van der Waals surface area contributed by atoms with Crippen LogP contribution in [-0.2, 0) is 11.3 Å². The van der Waals surface area contributed by atoms with Gasteiger partial charge in [-0.1, -0.05) is 6.92 Å². The van der Waals surface area contributed by atoms with E-state index < -0.39 is 0 Å². The number of piperazine rings is 1. The van der Waals surface area contributed by atoms with Crippen LogP contribution < -0.4 is 5.73 Å². The molecule has 1 saturated heterocycles. The molecule has 0 radical (unpaired) electrons. The summed E-state index contributed by atoms with van der Waals surface area (Å²) >= 11 is 1.74. The summed E-state index contributed by atoms with van der Waals surface area (Å²) in [6.45, 7) is 6.91. The quantitative estimate of drug-likeness (QED) is 0.885. The molecular weight excluding hydrogens is 246 g/mol. The average Bonchev–Trinajstić information content (AvgIpc) is 2.91. The zero-order valence-electron chi connectivity index (χ0n) is 10.8. The number of thiophene rings is 1. The third kappa shape index (κ3) is 3.31. The number of carbonyl (C=O) groups excluding carboxylic acids is 1. The van der Waals surface area contributed by atoms with Gasteiger partial charge in [0, 0.05) is 45.2 Å². The lowest BCUT2D eigenvalue weighted by Crippen LogP contribution is -2.50. The van der Waals surface area contributed by atoms with Crippen molar-refractivity contribution in [1.29, 1.82) is 0 Å². The minimum Gasteiger partial charge on any atom is -0.340 e. The van der Waals surface area contributed by atoms with Crippen molar-refractivity contribution in [1.82, 2.24) is 9.80 Å². The van der Waals surface area contributed by atoms with Gasteiger partial charge in [0.1, 0.15) is 0 Å². The highest BCUT2D eigenvalue weighted by Crippen LogP contribution is 2.12. The van der Waals surface area contributed by atoms with Crippen molar-refractivity contribution in [2.45, 2.75) is 13.5 Å². The van der Waals surface area contributed by atoms with Gasteiger partial charge in [0.15, 0.2) is 0 Å². The zero-order chi connectivity index (χ0) is 13.0. The van der Waals surface area contributed by atoms with E-state index in [1.54, 1.807) is 11.3 Å². The molecule has 0 aromatic carbocycles. The summed E-state index contributed by atoms with van der Waals surface area (Å²) in [5.74, 6) is 0.154. The fourth-order valence-electron chi connectivity index (χ4n) is 2.18. The minimum absolute atomic E-state index is 0.0478. The van der Waals surface area contributed by atoms with Crippen molar-refractivity contribution in [3.8, 4) is 0 Å². The fraction of sp³-hybridized carbons (Fsp3) is 0.615. The van der Waals surface area contributed by atoms with Crippen LogP contribution in [0.15, 0.2) is 16.8 Å². The van der Waals surface area contributed by atoms with E-state index in [0.29, 0.717) is 6.54 Å². The van der Waals surface area contributed by atoms with Gasteiger partial charge in [-0.3, -0.25) is 9.69 Å². The van der Waals surface area contributed by atoms with Crippen molar-refractivity contribution in [3.05, 3.63) is 22.4 Å². The first-order valence-electron chi connectivity index (χ1n) is 6.43. The normalized spacial score (nSPS) is 18.9. The van der Waals surface area contributed by atoms with Gasteiger partial charge in [0.25, 0.3) is 0 Å². The summed E-state index contributed by atoms with van der Waals surface area (Å²) in [6, 6.07) is 2.17. The number of rotatable bonds is 4. The Kier molecular flexibility index (Phi) is 4.74. The van der Waals surface area contributed by atoms with E-state index in [2.05, 4.69) is 21.7 Å². The summed E-state index contributed by atoms with van der Waals surface area (Å²) in [7, 11) is 0. The Labute approximate surface area is 112 Å². The third-order valence-corrected chi connectivity index (χ3v) is 4.18. The highest BCUT2D eigenvalue weighted by atomic mass is 32.1. The van der Waals surface area contributed by atoms with Crippen molar-refractivity contribution in [2.75, 3.05) is 32.7 Å². The van der Waals surface area contributed by atoms with Crippen LogP contribution in [0.5, 0.6) is 0 Å². The van der Waals surface area contributed by atoms with Gasteiger partial charge in [-0.05, 0) is 22.4 Å². The Morgan fingerprint density at radius 3 is 2.72 bits per heavy atom. The van der Waals surface area contributed by atoms with Crippen LogP contribution >= 0.6 is 11.3 Å². The van der Waals surface area contributed by atoms with E-state index in [9.17, 15) is 4.79 Å². The molecule has 1 aliphatic heterocycles. The van der Waals surface area contributed by atoms with Gasteiger partial charge >= 0.3 is 0 Å². The highest BCUT2D eigenvalue weighted by Gasteiger charge is 2.23. The van der Waals surface area contributed by atoms with Gasteiger partial charge in [-0.15, -0.1) is 0 Å². The number of amides is 1. The molecule has 1 fully saturated rings. The molecule has 1 aliphatic rings. The molecular formula is C13H21N3OS. The summed E-state index contributed by atoms with van der Waals surface area (Å²) in [6.07, 6.45) is 0. The Hall–Kier alpha value is -0.910. The first kappa shape index (κ1) is 13.5. The van der Waals surface area contributed by atoms with Crippen molar-refractivity contribution in [3.63, 3.8) is 0 Å². The molecule has 18 heavy (non-hydrogen) atoms. The topological polar surface area (TPSA) is 49.6 Å². The number of hydrogen-bond donors (Lipinski definition) is 1. The SMILES string of the molecule is CC(CN)C(=O)N1CCN(Cc2ccsc2)CC1. The monoisotopic (exact) mass is 267 g/mol. The minimum atomic E-state index is -0.0478. The van der Waals surface area contributed by atoms with Crippen LogP contribution in [0.2, 0.25) is 0 Å². The van der Waals surface area contributed by atoms with Gasteiger partial charge in [-0.25, -0.2) is 0 Å². The molecule has 4 nitrogen and oxygen atoms in total. The van der Waals surface area contributed by atoms with Gasteiger partial charge in [0.05, 0.1) is 0 Å². The molecule has 0 bridgehead atoms. The largest absolute Gasteiger partial charge is 0.340 e. The molecule has 0 spiro atoms. The van der Waals surface area contributed by atoms with E-state index in [4.69, 9.17) is 5.73 Å². The Morgan fingerprint density at radius 1 is 1.44 bits per heavy atom. The lowest BCUT2D eigenvalue weighted by molar-refractivity contribution is -0.136. The number of nitrogens with two attached hydrogens (primary N) is 1. The second-order valence-corrected chi connectivity index (χ2v) is 5.65. The predicted octanol–water partition coefficient (Wildman–Crippen LogP) is 0.987. The molecule has 2 heterocycles. The Bertz CT molecular complexity index is 372. The highest BCUT2D eigenvalue weighted by molar-refractivity contribution is 7.07. The lowest BCUT2D eigenvalue weighted by atomic mass is 10.1. The molecule has 2 N–H and O–H groups in total.